The maximum Gasteiger partial charge on any atom is 0.338 e. The molecule has 0 aliphatic heterocycles. The lowest BCUT2D eigenvalue weighted by Gasteiger charge is -2.07. The Bertz CT molecular complexity index is 711. The van der Waals surface area contributed by atoms with Gasteiger partial charge in [0.1, 0.15) is 0 Å². The lowest BCUT2D eigenvalue weighted by atomic mass is 10.2. The molecule has 2 aromatic rings. The standard InChI is InChI=1S/C18H20N2O4S/c1-2-11-24-18(23)13-5-7-14(8-6-13)20-16(21)9-10-19-17(22)15-4-3-12-25-15/h3-8,12H,2,9-11H2,1H3,(H,19,22)(H,20,21). The fourth-order valence-electron chi connectivity index (χ4n) is 1.98. The van der Waals surface area contributed by atoms with Crippen molar-refractivity contribution in [1.82, 2.24) is 5.32 Å². The summed E-state index contributed by atoms with van der Waals surface area (Å²) >= 11 is 1.35. The van der Waals surface area contributed by atoms with Crippen LogP contribution in [0, 0.1) is 0 Å². The molecule has 2 rings (SSSR count). The highest BCUT2D eigenvalue weighted by atomic mass is 32.1. The largest absolute Gasteiger partial charge is 0.462 e. The van der Waals surface area contributed by atoms with Crippen molar-refractivity contribution in [3.05, 3.63) is 52.2 Å². The monoisotopic (exact) mass is 360 g/mol. The molecule has 2 amide bonds. The number of carbonyl (C=O) groups excluding carboxylic acids is 3. The number of ether oxygens (including phenoxy) is 1. The molecule has 0 unspecified atom stereocenters. The van der Waals surface area contributed by atoms with Crippen LogP contribution < -0.4 is 10.6 Å². The van der Waals surface area contributed by atoms with Crippen LogP contribution >= 0.6 is 11.3 Å². The second kappa shape index (κ2) is 9.58. The summed E-state index contributed by atoms with van der Waals surface area (Å²) in [5.74, 6) is -0.776. The lowest BCUT2D eigenvalue weighted by Crippen LogP contribution is -2.27. The van der Waals surface area contributed by atoms with Crippen LogP contribution in [0.2, 0.25) is 0 Å². The molecular weight excluding hydrogens is 340 g/mol. The molecule has 2 N–H and O–H groups in total. The minimum atomic E-state index is -0.379. The Labute approximate surface area is 150 Å². The number of rotatable bonds is 8. The summed E-state index contributed by atoms with van der Waals surface area (Å²) in [4.78, 5) is 35.9. The summed E-state index contributed by atoms with van der Waals surface area (Å²) in [5, 5.41) is 7.24. The minimum absolute atomic E-state index is 0.164. The van der Waals surface area contributed by atoms with E-state index in [0.29, 0.717) is 22.7 Å². The van der Waals surface area contributed by atoms with E-state index in [-0.39, 0.29) is 30.7 Å². The van der Waals surface area contributed by atoms with Crippen molar-refractivity contribution >= 4 is 34.8 Å². The first kappa shape index (κ1) is 18.7. The molecule has 0 saturated heterocycles. The average molecular weight is 360 g/mol. The van der Waals surface area contributed by atoms with Crippen LogP contribution in [0.15, 0.2) is 41.8 Å². The summed E-state index contributed by atoms with van der Waals surface area (Å²) in [6.07, 6.45) is 0.931. The number of esters is 1. The quantitative estimate of drug-likeness (QED) is 0.709. The highest BCUT2D eigenvalue weighted by Gasteiger charge is 2.09. The average Bonchev–Trinajstić information content (AvgIpc) is 3.15. The predicted molar refractivity (Wildman–Crippen MR) is 96.9 cm³/mol. The van der Waals surface area contributed by atoms with Crippen molar-refractivity contribution in [1.29, 1.82) is 0 Å². The highest BCUT2D eigenvalue weighted by Crippen LogP contribution is 2.11. The smallest absolute Gasteiger partial charge is 0.338 e. The normalized spacial score (nSPS) is 10.1. The van der Waals surface area contributed by atoms with Gasteiger partial charge in [-0.3, -0.25) is 9.59 Å². The third-order valence-electron chi connectivity index (χ3n) is 3.22. The first-order chi connectivity index (χ1) is 12.1. The van der Waals surface area contributed by atoms with Crippen LogP contribution in [0.25, 0.3) is 0 Å². The van der Waals surface area contributed by atoms with Crippen LogP contribution in [0.1, 0.15) is 39.8 Å². The Kier molecular flexibility index (Phi) is 7.16. The van der Waals surface area contributed by atoms with E-state index in [4.69, 9.17) is 4.74 Å². The van der Waals surface area contributed by atoms with Gasteiger partial charge in [-0.25, -0.2) is 4.79 Å². The number of thiophene rings is 1. The van der Waals surface area contributed by atoms with Gasteiger partial charge in [-0.1, -0.05) is 13.0 Å². The first-order valence-corrected chi connectivity index (χ1v) is 8.87. The van der Waals surface area contributed by atoms with E-state index in [2.05, 4.69) is 10.6 Å². The van der Waals surface area contributed by atoms with Gasteiger partial charge < -0.3 is 15.4 Å². The Hall–Kier alpha value is -2.67. The maximum absolute atomic E-state index is 11.9. The molecular formula is C18H20N2O4S. The van der Waals surface area contributed by atoms with E-state index >= 15 is 0 Å². The highest BCUT2D eigenvalue weighted by molar-refractivity contribution is 7.12. The minimum Gasteiger partial charge on any atom is -0.462 e. The Morgan fingerprint density at radius 3 is 2.52 bits per heavy atom. The zero-order valence-corrected chi connectivity index (χ0v) is 14.7. The molecule has 132 valence electrons. The molecule has 0 fully saturated rings. The Morgan fingerprint density at radius 1 is 1.12 bits per heavy atom. The van der Waals surface area contributed by atoms with Gasteiger partial charge in [0, 0.05) is 18.7 Å². The number of hydrogen-bond acceptors (Lipinski definition) is 5. The second-order valence-corrected chi connectivity index (χ2v) is 6.19. The van der Waals surface area contributed by atoms with E-state index in [9.17, 15) is 14.4 Å². The summed E-state index contributed by atoms with van der Waals surface area (Å²) in [5.41, 5.74) is 1.02. The van der Waals surface area contributed by atoms with Crippen LogP contribution in [-0.4, -0.2) is 30.9 Å². The second-order valence-electron chi connectivity index (χ2n) is 5.24. The fourth-order valence-corrected chi connectivity index (χ4v) is 2.62. The molecule has 0 spiro atoms. The van der Waals surface area contributed by atoms with Gasteiger partial charge in [-0.05, 0) is 42.1 Å². The fraction of sp³-hybridized carbons (Fsp3) is 0.278. The summed E-state index contributed by atoms with van der Waals surface area (Å²) < 4.78 is 5.04. The molecule has 6 nitrogen and oxygen atoms in total. The van der Waals surface area contributed by atoms with Crippen LogP contribution in [0.5, 0.6) is 0 Å². The van der Waals surface area contributed by atoms with Crippen molar-refractivity contribution in [2.75, 3.05) is 18.5 Å². The van der Waals surface area contributed by atoms with Crippen molar-refractivity contribution in [3.8, 4) is 0 Å². The molecule has 0 aliphatic carbocycles. The third-order valence-corrected chi connectivity index (χ3v) is 4.09. The molecule has 0 saturated carbocycles. The van der Waals surface area contributed by atoms with E-state index in [0.717, 1.165) is 6.42 Å². The van der Waals surface area contributed by atoms with Crippen molar-refractivity contribution in [2.45, 2.75) is 19.8 Å². The van der Waals surface area contributed by atoms with Crippen molar-refractivity contribution in [2.24, 2.45) is 0 Å². The summed E-state index contributed by atoms with van der Waals surface area (Å²) in [6, 6.07) is 10.0. The van der Waals surface area contributed by atoms with Crippen LogP contribution in [-0.2, 0) is 9.53 Å². The van der Waals surface area contributed by atoms with E-state index in [1.54, 1.807) is 36.4 Å². The molecule has 0 atom stereocenters. The Balaban J connectivity index is 1.74. The van der Waals surface area contributed by atoms with Gasteiger partial charge in [0.25, 0.3) is 5.91 Å². The molecule has 0 aliphatic rings. The van der Waals surface area contributed by atoms with E-state index in [1.165, 1.54) is 11.3 Å². The zero-order chi connectivity index (χ0) is 18.1. The number of benzene rings is 1. The topological polar surface area (TPSA) is 84.5 Å². The van der Waals surface area contributed by atoms with Gasteiger partial charge in [-0.15, -0.1) is 11.3 Å². The van der Waals surface area contributed by atoms with Gasteiger partial charge in [-0.2, -0.15) is 0 Å². The number of hydrogen-bond donors (Lipinski definition) is 2. The van der Waals surface area contributed by atoms with E-state index in [1.807, 2.05) is 12.3 Å². The molecule has 25 heavy (non-hydrogen) atoms. The van der Waals surface area contributed by atoms with Crippen LogP contribution in [0.3, 0.4) is 0 Å². The number of amides is 2. The maximum atomic E-state index is 11.9. The summed E-state index contributed by atoms with van der Waals surface area (Å²) in [6.45, 7) is 2.56. The zero-order valence-electron chi connectivity index (χ0n) is 13.9. The third kappa shape index (κ3) is 6.04. The Morgan fingerprint density at radius 2 is 1.88 bits per heavy atom. The molecule has 0 bridgehead atoms. The summed E-state index contributed by atoms with van der Waals surface area (Å²) in [7, 11) is 0. The van der Waals surface area contributed by atoms with Crippen molar-refractivity contribution < 1.29 is 19.1 Å². The predicted octanol–water partition coefficient (Wildman–Crippen LogP) is 3.07. The van der Waals surface area contributed by atoms with Gasteiger partial charge in [0.15, 0.2) is 0 Å². The van der Waals surface area contributed by atoms with E-state index < -0.39 is 0 Å². The van der Waals surface area contributed by atoms with Gasteiger partial charge in [0.05, 0.1) is 17.0 Å². The number of carbonyl (C=O) groups is 3. The van der Waals surface area contributed by atoms with Crippen molar-refractivity contribution in [3.63, 3.8) is 0 Å². The van der Waals surface area contributed by atoms with Crippen LogP contribution in [0.4, 0.5) is 5.69 Å². The molecule has 1 aromatic carbocycles. The van der Waals surface area contributed by atoms with Gasteiger partial charge >= 0.3 is 5.97 Å². The lowest BCUT2D eigenvalue weighted by molar-refractivity contribution is -0.116. The SMILES string of the molecule is CCCOC(=O)c1ccc(NC(=O)CCNC(=O)c2cccs2)cc1. The molecule has 1 aromatic heterocycles. The number of anilines is 1. The molecule has 1 heterocycles. The molecule has 7 heteroatoms. The molecule has 0 radical (unpaired) electrons. The number of nitrogens with one attached hydrogen (secondary N) is 2. The first-order valence-electron chi connectivity index (χ1n) is 7.99. The van der Waals surface area contributed by atoms with Gasteiger partial charge in [0.2, 0.25) is 5.91 Å².